The number of hydrogen-bond donors (Lipinski definition) is 0. The van der Waals surface area contributed by atoms with E-state index in [2.05, 4.69) is 13.8 Å². The van der Waals surface area contributed by atoms with E-state index in [9.17, 15) is 4.79 Å². The maximum atomic E-state index is 13.1. The van der Waals surface area contributed by atoms with Gasteiger partial charge >= 0.3 is 0 Å². The fourth-order valence-corrected chi connectivity index (χ4v) is 3.95. The molecule has 1 fully saturated rings. The molecule has 4 rings (SSSR count). The smallest absolute Gasteiger partial charge is 0.227 e. The van der Waals surface area contributed by atoms with Gasteiger partial charge in [-0.05, 0) is 75.6 Å². The zero-order chi connectivity index (χ0) is 23.5. The van der Waals surface area contributed by atoms with E-state index in [0.717, 1.165) is 42.0 Å². The second-order valence-corrected chi connectivity index (χ2v) is 8.97. The van der Waals surface area contributed by atoms with E-state index in [1.807, 2.05) is 60.4 Å². The molecule has 1 aromatic heterocycles. The van der Waals surface area contributed by atoms with Gasteiger partial charge in [0.15, 0.2) is 0 Å². The van der Waals surface area contributed by atoms with Crippen molar-refractivity contribution < 1.29 is 14.3 Å². The lowest BCUT2D eigenvalue weighted by molar-refractivity contribution is -0.135. The molecule has 0 bridgehead atoms. The van der Waals surface area contributed by atoms with Crippen LogP contribution in [0, 0.1) is 12.8 Å². The number of halogens is 1. The second kappa shape index (κ2) is 9.87. The van der Waals surface area contributed by atoms with Crippen molar-refractivity contribution in [3.63, 3.8) is 0 Å². The van der Waals surface area contributed by atoms with Gasteiger partial charge in [0.25, 0.3) is 0 Å². The number of hydrogen-bond acceptors (Lipinski definition) is 4. The standard InChI is InChI=1S/C26H30ClN3O3/c1-5-17(2)29(25(31)19-9-10-19)16-24-18(3)28-30(21-8-6-7-20(27)15-21)26(24)33-23-13-11-22(32-4)12-14-23/h6-8,11-15,17,19H,5,9-10,16H2,1-4H3/t17-/m0/s1. The number of nitrogens with zero attached hydrogens (tertiary/aromatic N) is 3. The third kappa shape index (κ3) is 5.17. The van der Waals surface area contributed by atoms with Crippen LogP contribution in [0.5, 0.6) is 17.4 Å². The Kier molecular flexibility index (Phi) is 6.94. The van der Waals surface area contributed by atoms with E-state index in [1.54, 1.807) is 11.8 Å². The maximum absolute atomic E-state index is 13.1. The maximum Gasteiger partial charge on any atom is 0.227 e. The Bertz CT molecular complexity index is 1120. The highest BCUT2D eigenvalue weighted by atomic mass is 35.5. The topological polar surface area (TPSA) is 56.6 Å². The van der Waals surface area contributed by atoms with Crippen LogP contribution in [-0.2, 0) is 11.3 Å². The van der Waals surface area contributed by atoms with Crippen molar-refractivity contribution in [3.8, 4) is 23.1 Å². The van der Waals surface area contributed by atoms with Crippen molar-refractivity contribution in [1.82, 2.24) is 14.7 Å². The molecule has 1 atom stereocenters. The number of benzene rings is 2. The number of carbonyl (C=O) groups excluding carboxylic acids is 1. The summed E-state index contributed by atoms with van der Waals surface area (Å²) in [5, 5.41) is 5.39. The van der Waals surface area contributed by atoms with E-state index in [0.29, 0.717) is 23.2 Å². The number of amides is 1. The van der Waals surface area contributed by atoms with Crippen LogP contribution in [-0.4, -0.2) is 33.7 Å². The average Bonchev–Trinajstić information content (AvgIpc) is 3.63. The Morgan fingerprint density at radius 3 is 2.52 bits per heavy atom. The summed E-state index contributed by atoms with van der Waals surface area (Å²) in [6.45, 7) is 6.60. The fraction of sp³-hybridized carbons (Fsp3) is 0.385. The van der Waals surface area contributed by atoms with Gasteiger partial charge in [0.1, 0.15) is 11.5 Å². The highest BCUT2D eigenvalue weighted by molar-refractivity contribution is 6.30. The molecule has 1 aliphatic rings. The van der Waals surface area contributed by atoms with Crippen LogP contribution in [0.2, 0.25) is 5.02 Å². The Labute approximate surface area is 200 Å². The molecule has 174 valence electrons. The SMILES string of the molecule is CC[C@H](C)N(Cc1c(C)nn(-c2cccc(Cl)c2)c1Oc1ccc(OC)cc1)C(=O)C1CC1. The van der Waals surface area contributed by atoms with Gasteiger partial charge in [-0.3, -0.25) is 4.79 Å². The predicted molar refractivity (Wildman–Crippen MR) is 129 cm³/mol. The zero-order valence-corrected chi connectivity index (χ0v) is 20.3. The Balaban J connectivity index is 1.76. The summed E-state index contributed by atoms with van der Waals surface area (Å²) < 4.78 is 13.4. The number of aromatic nitrogens is 2. The summed E-state index contributed by atoms with van der Waals surface area (Å²) in [6, 6.07) is 15.0. The van der Waals surface area contributed by atoms with Crippen LogP contribution < -0.4 is 9.47 Å². The van der Waals surface area contributed by atoms with E-state index >= 15 is 0 Å². The molecule has 0 spiro atoms. The first kappa shape index (κ1) is 23.2. The predicted octanol–water partition coefficient (Wildman–Crippen LogP) is 6.17. The van der Waals surface area contributed by atoms with Gasteiger partial charge in [-0.2, -0.15) is 5.10 Å². The first-order valence-electron chi connectivity index (χ1n) is 11.4. The van der Waals surface area contributed by atoms with Crippen LogP contribution in [0.15, 0.2) is 48.5 Å². The average molecular weight is 468 g/mol. The molecule has 7 heteroatoms. The largest absolute Gasteiger partial charge is 0.497 e. The van der Waals surface area contributed by atoms with Crippen LogP contribution in [0.4, 0.5) is 0 Å². The monoisotopic (exact) mass is 467 g/mol. The minimum absolute atomic E-state index is 0.126. The number of methoxy groups -OCH3 is 1. The molecule has 0 unspecified atom stereocenters. The van der Waals surface area contributed by atoms with Gasteiger partial charge in [-0.25, -0.2) is 4.68 Å². The van der Waals surface area contributed by atoms with Crippen molar-refractivity contribution in [2.24, 2.45) is 5.92 Å². The summed E-state index contributed by atoms with van der Waals surface area (Å²) in [5.74, 6) is 2.35. The Morgan fingerprint density at radius 2 is 1.91 bits per heavy atom. The molecule has 0 radical (unpaired) electrons. The van der Waals surface area contributed by atoms with Gasteiger partial charge in [0.2, 0.25) is 11.8 Å². The second-order valence-electron chi connectivity index (χ2n) is 8.54. The molecule has 33 heavy (non-hydrogen) atoms. The minimum Gasteiger partial charge on any atom is -0.497 e. The zero-order valence-electron chi connectivity index (χ0n) is 19.5. The van der Waals surface area contributed by atoms with Crippen molar-refractivity contribution in [3.05, 3.63) is 64.8 Å². The first-order chi connectivity index (χ1) is 15.9. The van der Waals surface area contributed by atoms with Crippen molar-refractivity contribution >= 4 is 17.5 Å². The summed E-state index contributed by atoms with van der Waals surface area (Å²) in [7, 11) is 1.63. The van der Waals surface area contributed by atoms with Gasteiger partial charge in [-0.15, -0.1) is 0 Å². The van der Waals surface area contributed by atoms with Crippen molar-refractivity contribution in [1.29, 1.82) is 0 Å². The molecule has 0 saturated heterocycles. The molecular formula is C26H30ClN3O3. The summed E-state index contributed by atoms with van der Waals surface area (Å²) in [4.78, 5) is 15.1. The molecule has 6 nitrogen and oxygen atoms in total. The van der Waals surface area contributed by atoms with Gasteiger partial charge in [0.05, 0.1) is 30.6 Å². The summed E-state index contributed by atoms with van der Waals surface area (Å²) in [5.41, 5.74) is 2.50. The lowest BCUT2D eigenvalue weighted by atomic mass is 10.1. The molecule has 0 aliphatic heterocycles. The van der Waals surface area contributed by atoms with Crippen LogP contribution in [0.1, 0.15) is 44.4 Å². The van der Waals surface area contributed by atoms with Crippen LogP contribution >= 0.6 is 11.6 Å². The Morgan fingerprint density at radius 1 is 1.21 bits per heavy atom. The normalized spacial score (nSPS) is 14.1. The molecule has 1 amide bonds. The molecule has 2 aromatic carbocycles. The summed E-state index contributed by atoms with van der Waals surface area (Å²) >= 11 is 6.27. The number of aryl methyl sites for hydroxylation is 1. The number of carbonyl (C=O) groups is 1. The quantitative estimate of drug-likeness (QED) is 0.377. The van der Waals surface area contributed by atoms with Gasteiger partial charge in [0, 0.05) is 17.0 Å². The van der Waals surface area contributed by atoms with E-state index in [1.165, 1.54) is 0 Å². The van der Waals surface area contributed by atoms with Crippen LogP contribution in [0.3, 0.4) is 0 Å². The summed E-state index contributed by atoms with van der Waals surface area (Å²) in [6.07, 6.45) is 2.83. The third-order valence-electron chi connectivity index (χ3n) is 6.13. The van der Waals surface area contributed by atoms with Crippen molar-refractivity contribution in [2.75, 3.05) is 7.11 Å². The minimum atomic E-state index is 0.126. The molecule has 3 aromatic rings. The molecule has 1 heterocycles. The van der Waals surface area contributed by atoms with E-state index < -0.39 is 0 Å². The van der Waals surface area contributed by atoms with Gasteiger partial charge in [-0.1, -0.05) is 24.6 Å². The van der Waals surface area contributed by atoms with E-state index in [4.69, 9.17) is 26.2 Å². The molecule has 0 N–H and O–H groups in total. The van der Waals surface area contributed by atoms with Crippen molar-refractivity contribution in [2.45, 2.75) is 52.6 Å². The Hall–Kier alpha value is -2.99. The van der Waals surface area contributed by atoms with Crippen LogP contribution in [0.25, 0.3) is 5.69 Å². The molecule has 1 saturated carbocycles. The number of ether oxygens (including phenoxy) is 2. The fourth-order valence-electron chi connectivity index (χ4n) is 3.77. The molecule has 1 aliphatic carbocycles. The highest BCUT2D eigenvalue weighted by Crippen LogP contribution is 2.36. The number of rotatable bonds is 9. The lowest BCUT2D eigenvalue weighted by Gasteiger charge is -2.29. The first-order valence-corrected chi connectivity index (χ1v) is 11.8. The van der Waals surface area contributed by atoms with E-state index in [-0.39, 0.29) is 17.9 Å². The van der Waals surface area contributed by atoms with Gasteiger partial charge < -0.3 is 14.4 Å². The highest BCUT2D eigenvalue weighted by Gasteiger charge is 2.36. The third-order valence-corrected chi connectivity index (χ3v) is 6.36. The lowest BCUT2D eigenvalue weighted by Crippen LogP contribution is -2.38. The molecular weight excluding hydrogens is 438 g/mol.